The summed E-state index contributed by atoms with van der Waals surface area (Å²) in [4.78, 5) is 26.0. The van der Waals surface area contributed by atoms with Crippen molar-refractivity contribution in [1.29, 1.82) is 0 Å². The fraction of sp³-hybridized carbons (Fsp3) is 0.467. The predicted molar refractivity (Wildman–Crippen MR) is 79.4 cm³/mol. The van der Waals surface area contributed by atoms with E-state index in [0.29, 0.717) is 13.2 Å². The second-order valence-corrected chi connectivity index (χ2v) is 5.83. The Morgan fingerprint density at radius 2 is 2.15 bits per heavy atom. The first-order valence-electron chi connectivity index (χ1n) is 6.78. The van der Waals surface area contributed by atoms with Crippen molar-refractivity contribution in [2.45, 2.75) is 25.1 Å². The maximum Gasteiger partial charge on any atom is 0.328 e. The Labute approximate surface area is 123 Å². The molecular formula is C15H19NO3S. The molecule has 2 rings (SSSR count). The minimum Gasteiger partial charge on any atom is -0.464 e. The molecule has 2 unspecified atom stereocenters. The normalized spacial score (nSPS) is 20.6. The zero-order chi connectivity index (χ0) is 14.5. The molecule has 0 aliphatic carbocycles. The summed E-state index contributed by atoms with van der Waals surface area (Å²) < 4.78 is 5.01. The van der Waals surface area contributed by atoms with Gasteiger partial charge in [-0.05, 0) is 19.4 Å². The molecule has 4 nitrogen and oxygen atoms in total. The van der Waals surface area contributed by atoms with E-state index >= 15 is 0 Å². The molecule has 0 bridgehead atoms. The van der Waals surface area contributed by atoms with E-state index in [1.807, 2.05) is 30.3 Å². The molecular weight excluding hydrogens is 274 g/mol. The average Bonchev–Trinajstić information content (AvgIpc) is 2.48. The van der Waals surface area contributed by atoms with E-state index in [-0.39, 0.29) is 17.1 Å². The molecule has 1 aliphatic heterocycles. The Morgan fingerprint density at radius 3 is 2.80 bits per heavy atom. The van der Waals surface area contributed by atoms with Crippen LogP contribution in [0.5, 0.6) is 0 Å². The highest BCUT2D eigenvalue weighted by Crippen LogP contribution is 2.34. The fourth-order valence-electron chi connectivity index (χ4n) is 2.24. The number of ether oxygens (including phenoxy) is 1. The molecule has 108 valence electrons. The Morgan fingerprint density at radius 1 is 1.45 bits per heavy atom. The van der Waals surface area contributed by atoms with Crippen LogP contribution in [0.2, 0.25) is 0 Å². The van der Waals surface area contributed by atoms with Crippen molar-refractivity contribution in [2.75, 3.05) is 18.9 Å². The highest BCUT2D eigenvalue weighted by atomic mass is 32.2. The predicted octanol–water partition coefficient (Wildman–Crippen LogP) is 2.25. The minimum atomic E-state index is -0.519. The molecule has 1 amide bonds. The first-order valence-corrected chi connectivity index (χ1v) is 7.83. The van der Waals surface area contributed by atoms with Crippen molar-refractivity contribution >= 4 is 23.6 Å². The van der Waals surface area contributed by atoms with Gasteiger partial charge in [0.1, 0.15) is 11.3 Å². The number of hydrogen-bond donors (Lipinski definition) is 0. The Hall–Kier alpha value is -1.49. The molecule has 1 aromatic carbocycles. The quantitative estimate of drug-likeness (QED) is 0.799. The molecule has 0 saturated carbocycles. The number of thioether (sulfide) groups is 1. The lowest BCUT2D eigenvalue weighted by atomic mass is 10.1. The van der Waals surface area contributed by atoms with Crippen LogP contribution in [0, 0.1) is 0 Å². The SMILES string of the molecule is CCOC(=O)C(C)N1CCSC(c2ccccc2)C1=O. The molecule has 2 atom stereocenters. The summed E-state index contributed by atoms with van der Waals surface area (Å²) in [6.07, 6.45) is 0. The van der Waals surface area contributed by atoms with Crippen LogP contribution in [-0.2, 0) is 14.3 Å². The van der Waals surface area contributed by atoms with Crippen LogP contribution in [0.25, 0.3) is 0 Å². The van der Waals surface area contributed by atoms with E-state index in [9.17, 15) is 9.59 Å². The van der Waals surface area contributed by atoms with E-state index in [4.69, 9.17) is 4.74 Å². The van der Waals surface area contributed by atoms with Gasteiger partial charge in [0.25, 0.3) is 0 Å². The van der Waals surface area contributed by atoms with Crippen LogP contribution in [-0.4, -0.2) is 41.7 Å². The molecule has 20 heavy (non-hydrogen) atoms. The van der Waals surface area contributed by atoms with Gasteiger partial charge in [-0.1, -0.05) is 30.3 Å². The summed E-state index contributed by atoms with van der Waals surface area (Å²) in [5, 5.41) is -0.221. The van der Waals surface area contributed by atoms with Gasteiger partial charge in [0.2, 0.25) is 5.91 Å². The molecule has 5 heteroatoms. The monoisotopic (exact) mass is 293 g/mol. The lowest BCUT2D eigenvalue weighted by Gasteiger charge is -2.35. The summed E-state index contributed by atoms with van der Waals surface area (Å²) in [6, 6.07) is 9.17. The summed E-state index contributed by atoms with van der Waals surface area (Å²) in [5.41, 5.74) is 0.989. The average molecular weight is 293 g/mol. The van der Waals surface area contributed by atoms with Gasteiger partial charge in [-0.25, -0.2) is 4.79 Å². The highest BCUT2D eigenvalue weighted by molar-refractivity contribution is 8.00. The number of rotatable bonds is 4. The second kappa shape index (κ2) is 6.79. The first-order chi connectivity index (χ1) is 9.65. The Bertz CT molecular complexity index is 477. The van der Waals surface area contributed by atoms with Crippen molar-refractivity contribution in [3.05, 3.63) is 35.9 Å². The number of benzene rings is 1. The van der Waals surface area contributed by atoms with Gasteiger partial charge < -0.3 is 9.64 Å². The van der Waals surface area contributed by atoms with Crippen LogP contribution < -0.4 is 0 Å². The molecule has 0 spiro atoms. The van der Waals surface area contributed by atoms with Gasteiger partial charge in [0.05, 0.1) is 6.61 Å². The van der Waals surface area contributed by atoms with Gasteiger partial charge in [-0.3, -0.25) is 4.79 Å². The van der Waals surface area contributed by atoms with E-state index in [0.717, 1.165) is 11.3 Å². The summed E-state index contributed by atoms with van der Waals surface area (Å²) in [6.45, 7) is 4.42. The van der Waals surface area contributed by atoms with Crippen LogP contribution in [0.15, 0.2) is 30.3 Å². The number of nitrogens with zero attached hydrogens (tertiary/aromatic N) is 1. The van der Waals surface area contributed by atoms with Crippen LogP contribution in [0.3, 0.4) is 0 Å². The topological polar surface area (TPSA) is 46.6 Å². The van der Waals surface area contributed by atoms with E-state index < -0.39 is 6.04 Å². The van der Waals surface area contributed by atoms with Crippen LogP contribution >= 0.6 is 11.8 Å². The third-order valence-electron chi connectivity index (χ3n) is 3.32. The molecule has 1 heterocycles. The lowest BCUT2D eigenvalue weighted by Crippen LogP contribution is -2.49. The first kappa shape index (κ1) is 14.9. The zero-order valence-electron chi connectivity index (χ0n) is 11.7. The van der Waals surface area contributed by atoms with Gasteiger partial charge in [-0.15, -0.1) is 11.8 Å². The highest BCUT2D eigenvalue weighted by Gasteiger charge is 2.35. The van der Waals surface area contributed by atoms with E-state index in [2.05, 4.69) is 0 Å². The Kier molecular flexibility index (Phi) is 5.06. The van der Waals surface area contributed by atoms with Crippen molar-refractivity contribution in [1.82, 2.24) is 4.90 Å². The van der Waals surface area contributed by atoms with Gasteiger partial charge in [0, 0.05) is 12.3 Å². The van der Waals surface area contributed by atoms with Gasteiger partial charge in [-0.2, -0.15) is 0 Å². The molecule has 0 N–H and O–H groups in total. The van der Waals surface area contributed by atoms with Crippen LogP contribution in [0.4, 0.5) is 0 Å². The van der Waals surface area contributed by atoms with Crippen molar-refractivity contribution in [3.63, 3.8) is 0 Å². The largest absolute Gasteiger partial charge is 0.464 e. The third kappa shape index (κ3) is 3.15. The van der Waals surface area contributed by atoms with Gasteiger partial charge >= 0.3 is 5.97 Å². The van der Waals surface area contributed by atoms with Crippen molar-refractivity contribution in [2.24, 2.45) is 0 Å². The number of hydrogen-bond acceptors (Lipinski definition) is 4. The molecule has 1 aromatic rings. The summed E-state index contributed by atoms with van der Waals surface area (Å²) in [7, 11) is 0. The summed E-state index contributed by atoms with van der Waals surface area (Å²) in [5.74, 6) is 0.488. The third-order valence-corrected chi connectivity index (χ3v) is 4.55. The van der Waals surface area contributed by atoms with Gasteiger partial charge in [0.15, 0.2) is 0 Å². The number of carbonyl (C=O) groups is 2. The maximum absolute atomic E-state index is 12.6. The van der Waals surface area contributed by atoms with Crippen molar-refractivity contribution in [3.8, 4) is 0 Å². The second-order valence-electron chi connectivity index (χ2n) is 4.62. The lowest BCUT2D eigenvalue weighted by molar-refractivity contribution is -0.154. The number of amides is 1. The fourth-order valence-corrected chi connectivity index (χ4v) is 3.41. The zero-order valence-corrected chi connectivity index (χ0v) is 12.6. The maximum atomic E-state index is 12.6. The number of carbonyl (C=O) groups excluding carboxylic acids is 2. The Balaban J connectivity index is 2.13. The molecule has 1 saturated heterocycles. The standard InChI is InChI=1S/C15H19NO3S/c1-3-19-15(18)11(2)16-9-10-20-13(14(16)17)12-7-5-4-6-8-12/h4-8,11,13H,3,9-10H2,1-2H3. The van der Waals surface area contributed by atoms with E-state index in [1.54, 1.807) is 30.5 Å². The molecule has 1 fully saturated rings. The molecule has 1 aliphatic rings. The molecule has 0 aromatic heterocycles. The smallest absolute Gasteiger partial charge is 0.328 e. The number of esters is 1. The molecule has 0 radical (unpaired) electrons. The van der Waals surface area contributed by atoms with E-state index in [1.165, 1.54) is 0 Å². The summed E-state index contributed by atoms with van der Waals surface area (Å²) >= 11 is 1.63. The van der Waals surface area contributed by atoms with Crippen LogP contribution in [0.1, 0.15) is 24.7 Å². The van der Waals surface area contributed by atoms with Crippen molar-refractivity contribution < 1.29 is 14.3 Å². The minimum absolute atomic E-state index is 0.00648.